The number of methoxy groups -OCH3 is 2. The van der Waals surface area contributed by atoms with E-state index in [1.54, 1.807) is 18.2 Å². The minimum Gasteiger partial charge on any atom is -0.504 e. The average Bonchev–Trinajstić information content (AvgIpc) is 2.96. The number of phenolic OH excluding ortho intramolecular Hbond substituents is 2. The number of benzene rings is 2. The molecule has 26 heavy (non-hydrogen) atoms. The van der Waals surface area contributed by atoms with Crippen LogP contribution in [0.4, 0.5) is 0 Å². The molecule has 0 amide bonds. The Labute approximate surface area is 150 Å². The van der Waals surface area contributed by atoms with Gasteiger partial charge in [0.05, 0.1) is 20.6 Å². The number of carbonyl (C=O) groups is 1. The van der Waals surface area contributed by atoms with Crippen LogP contribution < -0.4 is 14.2 Å². The van der Waals surface area contributed by atoms with E-state index in [1.807, 2.05) is 6.92 Å². The van der Waals surface area contributed by atoms with Gasteiger partial charge in [-0.05, 0) is 24.6 Å². The maximum absolute atomic E-state index is 11.4. The molecule has 1 fully saturated rings. The third kappa shape index (κ3) is 3.33. The fraction of sp³-hybridized carbons (Fsp3) is 0.316. The van der Waals surface area contributed by atoms with Crippen molar-refractivity contribution >= 4 is 5.97 Å². The number of cyclic esters (lactones) is 1. The lowest BCUT2D eigenvalue weighted by Crippen LogP contribution is -2.09. The molecule has 1 aliphatic rings. The molecule has 7 heteroatoms. The van der Waals surface area contributed by atoms with Crippen molar-refractivity contribution in [3.05, 3.63) is 35.9 Å². The molecule has 1 saturated heterocycles. The molecule has 0 aromatic heterocycles. The second-order valence-corrected chi connectivity index (χ2v) is 6.01. The number of hydrogen-bond donors (Lipinski definition) is 2. The zero-order chi connectivity index (χ0) is 18.8. The normalized spacial score (nSPS) is 19.1. The molecule has 1 heterocycles. The Morgan fingerprint density at radius 2 is 1.69 bits per heavy atom. The maximum Gasteiger partial charge on any atom is 0.306 e. The number of phenols is 2. The van der Waals surface area contributed by atoms with Crippen molar-refractivity contribution in [3.8, 4) is 34.5 Å². The van der Waals surface area contributed by atoms with Gasteiger partial charge in [0.25, 0.3) is 0 Å². The molecule has 7 nitrogen and oxygen atoms in total. The second-order valence-electron chi connectivity index (χ2n) is 6.01. The van der Waals surface area contributed by atoms with Gasteiger partial charge in [0.15, 0.2) is 23.0 Å². The van der Waals surface area contributed by atoms with Crippen LogP contribution >= 0.6 is 0 Å². The molecular weight excluding hydrogens is 340 g/mol. The highest BCUT2D eigenvalue weighted by molar-refractivity contribution is 5.73. The summed E-state index contributed by atoms with van der Waals surface area (Å²) in [7, 11) is 2.83. The van der Waals surface area contributed by atoms with E-state index >= 15 is 0 Å². The van der Waals surface area contributed by atoms with Crippen LogP contribution in [0.15, 0.2) is 30.3 Å². The molecule has 0 aliphatic carbocycles. The SMILES string of the molecule is COc1cc(Oc2ccc([C@@H]3CC(=O)O[C@H]3C)cc2O)cc(OC)c1O. The third-order valence-corrected chi connectivity index (χ3v) is 4.36. The molecule has 0 unspecified atom stereocenters. The monoisotopic (exact) mass is 360 g/mol. The summed E-state index contributed by atoms with van der Waals surface area (Å²) in [6, 6.07) is 7.93. The van der Waals surface area contributed by atoms with E-state index in [0.29, 0.717) is 5.75 Å². The predicted octanol–water partition coefficient (Wildman–Crippen LogP) is 3.33. The summed E-state index contributed by atoms with van der Waals surface area (Å²) >= 11 is 0. The Balaban J connectivity index is 1.86. The molecule has 2 aromatic rings. The van der Waals surface area contributed by atoms with Crippen LogP contribution in [0, 0.1) is 0 Å². The first kappa shape index (κ1) is 17.7. The van der Waals surface area contributed by atoms with Crippen molar-refractivity contribution in [1.82, 2.24) is 0 Å². The molecule has 2 aromatic carbocycles. The Bertz CT molecular complexity index is 806. The van der Waals surface area contributed by atoms with E-state index in [-0.39, 0.29) is 53.2 Å². The van der Waals surface area contributed by atoms with Gasteiger partial charge in [0.2, 0.25) is 5.75 Å². The minimum absolute atomic E-state index is 0.0694. The zero-order valence-corrected chi connectivity index (χ0v) is 14.7. The number of rotatable bonds is 5. The van der Waals surface area contributed by atoms with Gasteiger partial charge in [-0.1, -0.05) is 6.07 Å². The molecular formula is C19H20O7. The third-order valence-electron chi connectivity index (χ3n) is 4.36. The van der Waals surface area contributed by atoms with Crippen molar-refractivity contribution in [2.45, 2.75) is 25.4 Å². The van der Waals surface area contributed by atoms with Gasteiger partial charge in [-0.3, -0.25) is 4.79 Å². The Hall–Kier alpha value is -3.09. The van der Waals surface area contributed by atoms with E-state index in [4.69, 9.17) is 18.9 Å². The quantitative estimate of drug-likeness (QED) is 0.790. The maximum atomic E-state index is 11.4. The molecule has 0 radical (unpaired) electrons. The van der Waals surface area contributed by atoms with Crippen LogP contribution in [-0.2, 0) is 9.53 Å². The number of aromatic hydroxyl groups is 2. The molecule has 0 saturated carbocycles. The van der Waals surface area contributed by atoms with Crippen molar-refractivity contribution in [1.29, 1.82) is 0 Å². The number of esters is 1. The summed E-state index contributed by atoms with van der Waals surface area (Å²) in [4.78, 5) is 11.4. The van der Waals surface area contributed by atoms with E-state index in [9.17, 15) is 15.0 Å². The standard InChI is InChI=1S/C19H20O7/c1-10-13(9-18(21)25-10)11-4-5-15(14(20)6-11)26-12-7-16(23-2)19(22)17(8-12)24-3/h4-8,10,13,20,22H,9H2,1-3H3/t10-,13+/m0/s1. The van der Waals surface area contributed by atoms with E-state index < -0.39 is 0 Å². The Morgan fingerprint density at radius 1 is 1.04 bits per heavy atom. The van der Waals surface area contributed by atoms with Crippen molar-refractivity contribution in [2.75, 3.05) is 14.2 Å². The highest BCUT2D eigenvalue weighted by Crippen LogP contribution is 2.43. The lowest BCUT2D eigenvalue weighted by atomic mass is 9.93. The molecule has 3 rings (SSSR count). The Morgan fingerprint density at radius 3 is 2.19 bits per heavy atom. The van der Waals surface area contributed by atoms with Crippen LogP contribution in [0.25, 0.3) is 0 Å². The van der Waals surface area contributed by atoms with Gasteiger partial charge in [0.1, 0.15) is 11.9 Å². The lowest BCUT2D eigenvalue weighted by molar-refractivity contribution is -0.140. The van der Waals surface area contributed by atoms with Crippen LogP contribution in [0.2, 0.25) is 0 Å². The van der Waals surface area contributed by atoms with Gasteiger partial charge in [0, 0.05) is 18.1 Å². The highest BCUT2D eigenvalue weighted by atomic mass is 16.5. The van der Waals surface area contributed by atoms with Gasteiger partial charge >= 0.3 is 5.97 Å². The fourth-order valence-electron chi connectivity index (χ4n) is 2.98. The summed E-state index contributed by atoms with van der Waals surface area (Å²) in [6.45, 7) is 1.83. The molecule has 138 valence electrons. The molecule has 2 atom stereocenters. The lowest BCUT2D eigenvalue weighted by Gasteiger charge is -2.16. The molecule has 0 bridgehead atoms. The number of carbonyl (C=O) groups excluding carboxylic acids is 1. The second kappa shape index (κ2) is 7.03. The zero-order valence-electron chi connectivity index (χ0n) is 14.7. The first-order valence-electron chi connectivity index (χ1n) is 8.08. The van der Waals surface area contributed by atoms with E-state index in [1.165, 1.54) is 26.4 Å². The summed E-state index contributed by atoms with van der Waals surface area (Å²) in [5.74, 6) is 0.370. The minimum atomic E-state index is -0.245. The largest absolute Gasteiger partial charge is 0.504 e. The summed E-state index contributed by atoms with van der Waals surface area (Å²) in [6.07, 6.45) is 0.0481. The van der Waals surface area contributed by atoms with Crippen molar-refractivity contribution in [3.63, 3.8) is 0 Å². The van der Waals surface area contributed by atoms with Crippen LogP contribution in [0.1, 0.15) is 24.8 Å². The summed E-state index contributed by atoms with van der Waals surface area (Å²) in [5, 5.41) is 20.3. The van der Waals surface area contributed by atoms with Gasteiger partial charge in [-0.15, -0.1) is 0 Å². The van der Waals surface area contributed by atoms with Gasteiger partial charge in [-0.25, -0.2) is 0 Å². The van der Waals surface area contributed by atoms with Crippen LogP contribution in [0.5, 0.6) is 34.5 Å². The molecule has 1 aliphatic heterocycles. The fourth-order valence-corrected chi connectivity index (χ4v) is 2.98. The molecule has 0 spiro atoms. The van der Waals surface area contributed by atoms with E-state index in [0.717, 1.165) is 5.56 Å². The first-order valence-corrected chi connectivity index (χ1v) is 8.08. The van der Waals surface area contributed by atoms with Crippen LogP contribution in [-0.4, -0.2) is 36.5 Å². The van der Waals surface area contributed by atoms with Crippen LogP contribution in [0.3, 0.4) is 0 Å². The summed E-state index contributed by atoms with van der Waals surface area (Å²) < 4.78 is 21.0. The number of hydrogen-bond acceptors (Lipinski definition) is 7. The average molecular weight is 360 g/mol. The predicted molar refractivity (Wildman–Crippen MR) is 92.3 cm³/mol. The topological polar surface area (TPSA) is 94.5 Å². The van der Waals surface area contributed by atoms with Gasteiger partial charge < -0.3 is 29.2 Å². The van der Waals surface area contributed by atoms with Gasteiger partial charge in [-0.2, -0.15) is 0 Å². The van der Waals surface area contributed by atoms with Crippen molar-refractivity contribution < 1.29 is 34.0 Å². The first-order chi connectivity index (χ1) is 12.4. The highest BCUT2D eigenvalue weighted by Gasteiger charge is 2.33. The summed E-state index contributed by atoms with van der Waals surface area (Å²) in [5.41, 5.74) is 0.800. The number of ether oxygens (including phenoxy) is 4. The van der Waals surface area contributed by atoms with Crippen molar-refractivity contribution in [2.24, 2.45) is 0 Å². The van der Waals surface area contributed by atoms with E-state index in [2.05, 4.69) is 0 Å². The smallest absolute Gasteiger partial charge is 0.306 e. The Kier molecular flexibility index (Phi) is 4.79. The molecule has 2 N–H and O–H groups in total.